The van der Waals surface area contributed by atoms with Crippen molar-refractivity contribution in [1.82, 2.24) is 0 Å². The fraction of sp³-hybridized carbons (Fsp3) is 0.652. The molecule has 0 atom stereocenters. The second kappa shape index (κ2) is 9.36. The molecule has 0 unspecified atom stereocenters. The van der Waals surface area contributed by atoms with Gasteiger partial charge >= 0.3 is 5.97 Å². The van der Waals surface area contributed by atoms with Gasteiger partial charge in [0.15, 0.2) is 5.78 Å². The first-order chi connectivity index (χ1) is 13.0. The van der Waals surface area contributed by atoms with Gasteiger partial charge in [0.25, 0.3) is 0 Å². The van der Waals surface area contributed by atoms with Crippen LogP contribution in [0.15, 0.2) is 35.5 Å². The lowest BCUT2D eigenvalue weighted by Gasteiger charge is -2.28. The van der Waals surface area contributed by atoms with E-state index >= 15 is 0 Å². The first kappa shape index (κ1) is 20.6. The molecule has 3 aliphatic rings. The Morgan fingerprint density at radius 1 is 1.15 bits per heavy atom. The lowest BCUT2D eigenvalue weighted by molar-refractivity contribution is -0.144. The van der Waals surface area contributed by atoms with Crippen molar-refractivity contribution in [2.24, 2.45) is 11.8 Å². The van der Waals surface area contributed by atoms with E-state index in [4.69, 9.17) is 4.74 Å². The van der Waals surface area contributed by atoms with E-state index < -0.39 is 0 Å². The van der Waals surface area contributed by atoms with E-state index in [1.807, 2.05) is 6.92 Å². The van der Waals surface area contributed by atoms with Gasteiger partial charge in [0.2, 0.25) is 0 Å². The molecule has 0 N–H and O–H groups in total. The van der Waals surface area contributed by atoms with E-state index in [2.05, 4.69) is 40.2 Å². The maximum absolute atomic E-state index is 12.9. The Labute approximate surface area is 171 Å². The lowest BCUT2D eigenvalue weighted by Crippen LogP contribution is -2.29. The molecule has 3 aliphatic carbocycles. The van der Waals surface area contributed by atoms with Gasteiger partial charge in [0.05, 0.1) is 10.9 Å². The molecule has 0 aromatic heterocycles. The smallest absolute Gasteiger partial charge is 0.306 e. The minimum atomic E-state index is -0.323. The molecule has 0 aromatic rings. The highest BCUT2D eigenvalue weighted by molar-refractivity contribution is 9.10. The Balaban J connectivity index is 1.58. The van der Waals surface area contributed by atoms with Crippen LogP contribution in [0.3, 0.4) is 0 Å². The molecule has 3 nitrogen and oxygen atoms in total. The van der Waals surface area contributed by atoms with E-state index in [1.165, 1.54) is 5.57 Å². The number of rotatable bonds is 6. The molecule has 0 aromatic carbocycles. The predicted octanol–water partition coefficient (Wildman–Crippen LogP) is 5.84. The molecule has 148 valence electrons. The molecule has 0 saturated heterocycles. The van der Waals surface area contributed by atoms with Gasteiger partial charge in [-0.1, -0.05) is 53.1 Å². The first-order valence-corrected chi connectivity index (χ1v) is 11.3. The molecule has 0 amide bonds. The number of alkyl halides is 1. The van der Waals surface area contributed by atoms with Crippen LogP contribution in [0.4, 0.5) is 0 Å². The number of carbonyl (C=O) groups excluding carboxylic acids is 2. The molecular weight excluding hydrogens is 404 g/mol. The second-order valence-corrected chi connectivity index (χ2v) is 9.71. The number of hydrogen-bond acceptors (Lipinski definition) is 3. The lowest BCUT2D eigenvalue weighted by atomic mass is 9.77. The second-order valence-electron chi connectivity index (χ2n) is 8.19. The zero-order valence-corrected chi connectivity index (χ0v) is 17.9. The summed E-state index contributed by atoms with van der Waals surface area (Å²) in [5.41, 5.74) is 2.26. The van der Waals surface area contributed by atoms with Gasteiger partial charge in [0, 0.05) is 12.0 Å². The molecule has 0 radical (unpaired) electrons. The summed E-state index contributed by atoms with van der Waals surface area (Å²) >= 11 is 3.73. The number of esters is 1. The summed E-state index contributed by atoms with van der Waals surface area (Å²) in [4.78, 5) is 24.6. The number of allylic oxidation sites excluding steroid dienone is 6. The van der Waals surface area contributed by atoms with Crippen molar-refractivity contribution >= 4 is 27.7 Å². The zero-order valence-electron chi connectivity index (χ0n) is 16.3. The minimum Gasteiger partial charge on any atom is -0.466 e. The van der Waals surface area contributed by atoms with Crippen LogP contribution in [-0.2, 0) is 14.3 Å². The van der Waals surface area contributed by atoms with Crippen molar-refractivity contribution in [2.45, 2.75) is 75.5 Å². The average Bonchev–Trinajstić information content (AvgIpc) is 2.97. The van der Waals surface area contributed by atoms with Crippen LogP contribution in [-0.4, -0.2) is 22.7 Å². The third-order valence-corrected chi connectivity index (χ3v) is 7.45. The molecule has 2 fully saturated rings. The SMILES string of the molecule is CCOC(=O)CC1CCC(C2=CC=C(C(=O)C3(Br)CCCC3)CC=C2)CC1. The summed E-state index contributed by atoms with van der Waals surface area (Å²) in [6.07, 6.45) is 18.4. The topological polar surface area (TPSA) is 43.4 Å². The molecule has 2 saturated carbocycles. The molecule has 4 heteroatoms. The highest BCUT2D eigenvalue weighted by Crippen LogP contribution is 2.41. The summed E-state index contributed by atoms with van der Waals surface area (Å²) in [6.45, 7) is 2.32. The minimum absolute atomic E-state index is 0.0590. The van der Waals surface area contributed by atoms with Gasteiger partial charge < -0.3 is 4.74 Å². The first-order valence-electron chi connectivity index (χ1n) is 10.5. The summed E-state index contributed by atoms with van der Waals surface area (Å²) in [5.74, 6) is 1.21. The maximum Gasteiger partial charge on any atom is 0.306 e. The fourth-order valence-electron chi connectivity index (χ4n) is 4.69. The van der Waals surface area contributed by atoms with Gasteiger partial charge in [-0.05, 0) is 69.3 Å². The zero-order chi connectivity index (χ0) is 19.3. The number of halogens is 1. The van der Waals surface area contributed by atoms with Gasteiger partial charge in [-0.2, -0.15) is 0 Å². The van der Waals surface area contributed by atoms with Gasteiger partial charge in [-0.15, -0.1) is 0 Å². The van der Waals surface area contributed by atoms with Crippen molar-refractivity contribution in [3.05, 3.63) is 35.5 Å². The van der Waals surface area contributed by atoms with Crippen LogP contribution in [0.2, 0.25) is 0 Å². The monoisotopic (exact) mass is 434 g/mol. The summed E-state index contributed by atoms with van der Waals surface area (Å²) in [5, 5.41) is 0. The molecule has 0 heterocycles. The van der Waals surface area contributed by atoms with E-state index in [1.54, 1.807) is 0 Å². The van der Waals surface area contributed by atoms with E-state index in [-0.39, 0.29) is 16.1 Å². The predicted molar refractivity (Wildman–Crippen MR) is 112 cm³/mol. The molecule has 0 aliphatic heterocycles. The van der Waals surface area contributed by atoms with Crippen LogP contribution in [0, 0.1) is 11.8 Å². The number of ether oxygens (including phenoxy) is 1. The highest BCUT2D eigenvalue weighted by atomic mass is 79.9. The van der Waals surface area contributed by atoms with Gasteiger partial charge in [-0.25, -0.2) is 0 Å². The third-order valence-electron chi connectivity index (χ3n) is 6.30. The van der Waals surface area contributed by atoms with Crippen LogP contribution in [0.1, 0.15) is 71.1 Å². The molecular formula is C23H31BrO3. The number of Topliss-reactive ketones (excluding diaryl/α,β-unsaturated/α-hetero) is 1. The Kier molecular flexibility index (Phi) is 7.13. The quantitative estimate of drug-likeness (QED) is 0.389. The van der Waals surface area contributed by atoms with Crippen LogP contribution < -0.4 is 0 Å². The van der Waals surface area contributed by atoms with E-state index in [0.717, 1.165) is 63.4 Å². The largest absolute Gasteiger partial charge is 0.466 e. The van der Waals surface area contributed by atoms with Crippen molar-refractivity contribution in [3.8, 4) is 0 Å². The normalized spacial score (nSPS) is 27.5. The highest BCUT2D eigenvalue weighted by Gasteiger charge is 2.39. The van der Waals surface area contributed by atoms with Crippen molar-refractivity contribution < 1.29 is 14.3 Å². The van der Waals surface area contributed by atoms with Crippen LogP contribution >= 0.6 is 15.9 Å². The third kappa shape index (κ3) is 5.22. The molecule has 3 rings (SSSR count). The maximum atomic E-state index is 12.9. The number of carbonyl (C=O) groups is 2. The Morgan fingerprint density at radius 3 is 2.52 bits per heavy atom. The standard InChI is InChI=1S/C23H31BrO3/c1-2-27-21(25)16-17-8-10-19(11-9-17)18-6-5-7-20(13-12-18)22(26)23(24)14-3-4-15-23/h5-6,12-13,17,19H,2-4,7-11,14-16H2,1H3. The van der Waals surface area contributed by atoms with Crippen LogP contribution in [0.25, 0.3) is 0 Å². The number of ketones is 1. The summed E-state index contributed by atoms with van der Waals surface area (Å²) in [6, 6.07) is 0. The summed E-state index contributed by atoms with van der Waals surface area (Å²) in [7, 11) is 0. The Morgan fingerprint density at radius 2 is 1.85 bits per heavy atom. The molecule has 27 heavy (non-hydrogen) atoms. The van der Waals surface area contributed by atoms with E-state index in [9.17, 15) is 9.59 Å². The average molecular weight is 435 g/mol. The van der Waals surface area contributed by atoms with Gasteiger partial charge in [0.1, 0.15) is 0 Å². The fourth-order valence-corrected chi connectivity index (χ4v) is 5.50. The van der Waals surface area contributed by atoms with Crippen molar-refractivity contribution in [3.63, 3.8) is 0 Å². The van der Waals surface area contributed by atoms with Crippen LogP contribution in [0.5, 0.6) is 0 Å². The summed E-state index contributed by atoms with van der Waals surface area (Å²) < 4.78 is 4.76. The van der Waals surface area contributed by atoms with Gasteiger partial charge in [-0.3, -0.25) is 9.59 Å². The van der Waals surface area contributed by atoms with Crippen molar-refractivity contribution in [2.75, 3.05) is 6.61 Å². The number of hydrogen-bond donors (Lipinski definition) is 0. The Bertz CT molecular complexity index is 645. The van der Waals surface area contributed by atoms with E-state index in [0.29, 0.717) is 24.9 Å². The molecule has 0 bridgehead atoms. The van der Waals surface area contributed by atoms with Crippen molar-refractivity contribution in [1.29, 1.82) is 0 Å². The molecule has 0 spiro atoms. The Hall–Kier alpha value is -1.16.